The third-order valence-electron chi connectivity index (χ3n) is 8.46. The Labute approximate surface area is 230 Å². The van der Waals surface area contributed by atoms with E-state index >= 15 is 0 Å². The van der Waals surface area contributed by atoms with Crippen molar-refractivity contribution >= 4 is 31.0 Å². The first-order valence-corrected chi connectivity index (χ1v) is 14.3. The van der Waals surface area contributed by atoms with Gasteiger partial charge < -0.3 is 24.3 Å². The minimum absolute atomic E-state index is 0.0851. The molecular weight excluding hydrogens is 501 g/mol. The Hall–Kier alpha value is -2.69. The number of fused-ring (bicyclic) bond motifs is 3. The van der Waals surface area contributed by atoms with Crippen LogP contribution in [0.3, 0.4) is 0 Å². The Morgan fingerprint density at radius 2 is 1.92 bits per heavy atom. The Morgan fingerprint density at radius 1 is 1.13 bits per heavy atom. The summed E-state index contributed by atoms with van der Waals surface area (Å²) in [5.74, 6) is -1.06. The summed E-state index contributed by atoms with van der Waals surface area (Å²) in [4.78, 5) is 39.0. The van der Waals surface area contributed by atoms with Crippen molar-refractivity contribution in [3.8, 4) is 0 Å². The number of aliphatic hydroxyl groups is 1. The van der Waals surface area contributed by atoms with Gasteiger partial charge in [-0.2, -0.15) is 0 Å². The molecule has 2 fully saturated rings. The van der Waals surface area contributed by atoms with Gasteiger partial charge in [0.15, 0.2) is 0 Å². The van der Waals surface area contributed by atoms with Crippen molar-refractivity contribution in [1.82, 2.24) is 4.90 Å². The van der Waals surface area contributed by atoms with Gasteiger partial charge in [-0.1, -0.05) is 31.4 Å². The lowest BCUT2D eigenvalue weighted by Gasteiger charge is -2.43. The van der Waals surface area contributed by atoms with Crippen LogP contribution < -0.4 is 0 Å². The number of furan rings is 1. The number of nitrogens with zero attached hydrogens (tertiary/aromatic N) is 1. The second-order valence-electron chi connectivity index (χ2n) is 10.9. The van der Waals surface area contributed by atoms with Crippen LogP contribution >= 0.6 is 0 Å². The number of likely N-dealkylation sites (tertiary alicyclic amines) is 1. The van der Waals surface area contributed by atoms with E-state index < -0.39 is 24.9 Å². The second kappa shape index (κ2) is 13.1. The molecule has 1 aromatic rings. The number of imide groups is 1. The van der Waals surface area contributed by atoms with E-state index in [1.54, 1.807) is 6.07 Å². The number of carboxylic acid groups (broad SMARTS) is 1. The highest BCUT2D eigenvalue weighted by Gasteiger charge is 2.56. The van der Waals surface area contributed by atoms with Crippen molar-refractivity contribution in [2.45, 2.75) is 90.7 Å². The first-order valence-electron chi connectivity index (χ1n) is 14.3. The maximum absolute atomic E-state index is 13.6. The molecule has 4 rings (SSSR count). The Kier molecular flexibility index (Phi) is 9.85. The number of aliphatic carboxylic acids is 1. The van der Waals surface area contributed by atoms with Gasteiger partial charge in [0.05, 0.1) is 17.9 Å². The molecule has 1 aromatic heterocycles. The van der Waals surface area contributed by atoms with E-state index in [2.05, 4.69) is 13.8 Å². The lowest BCUT2D eigenvalue weighted by molar-refractivity contribution is -0.141. The highest BCUT2D eigenvalue weighted by atomic mass is 16.5. The zero-order valence-electron chi connectivity index (χ0n) is 22.9. The van der Waals surface area contributed by atoms with Crippen LogP contribution in [0.15, 0.2) is 33.3 Å². The summed E-state index contributed by atoms with van der Waals surface area (Å²) in [6, 6.07) is 3.58. The van der Waals surface area contributed by atoms with Crippen molar-refractivity contribution < 1.29 is 38.7 Å². The Bertz CT molecular complexity index is 1120. The molecule has 2 aliphatic heterocycles. The molecular formula is C29H40BNO8. The predicted octanol–water partition coefficient (Wildman–Crippen LogP) is 4.20. The number of carboxylic acids is 1. The van der Waals surface area contributed by atoms with Gasteiger partial charge in [0.25, 0.3) is 0 Å². The summed E-state index contributed by atoms with van der Waals surface area (Å²) < 4.78 is 11.7. The predicted molar refractivity (Wildman–Crippen MR) is 145 cm³/mol. The lowest BCUT2D eigenvalue weighted by atomic mass is 9.58. The van der Waals surface area contributed by atoms with Gasteiger partial charge in [0.1, 0.15) is 18.1 Å². The fourth-order valence-electron chi connectivity index (χ4n) is 6.54. The normalized spacial score (nSPS) is 25.4. The molecule has 4 atom stereocenters. The molecule has 0 radical (unpaired) electrons. The lowest BCUT2D eigenvalue weighted by Crippen LogP contribution is -2.46. The summed E-state index contributed by atoms with van der Waals surface area (Å²) in [6.45, 7) is 4.30. The van der Waals surface area contributed by atoms with Crippen LogP contribution in [0.25, 0.3) is 6.08 Å². The Morgan fingerprint density at radius 3 is 2.59 bits per heavy atom. The molecule has 0 aromatic carbocycles. The van der Waals surface area contributed by atoms with Crippen molar-refractivity contribution in [1.29, 1.82) is 0 Å². The summed E-state index contributed by atoms with van der Waals surface area (Å²) in [6.07, 6.45) is 7.27. The number of carbonyl (C=O) groups is 3. The van der Waals surface area contributed by atoms with Crippen LogP contribution in [0.5, 0.6) is 0 Å². The monoisotopic (exact) mass is 541 g/mol. The maximum atomic E-state index is 13.6. The Balaban J connectivity index is 1.49. The van der Waals surface area contributed by atoms with E-state index in [0.29, 0.717) is 56.5 Å². The first kappa shape index (κ1) is 29.3. The maximum Gasteiger partial charge on any atom is 0.455 e. The highest BCUT2D eigenvalue weighted by Crippen LogP contribution is 2.51. The number of aliphatic hydroxyl groups excluding tert-OH is 1. The van der Waals surface area contributed by atoms with Gasteiger partial charge in [-0.05, 0) is 81.0 Å². The SMILES string of the molecule is CCC1=C2[C@@H](CC/C(=C/c3ccc(CO)o3)CC)OB(O)C[C@@H]2[C@@H]2C(=O)N(CCCCCC(=O)O)C(=O)[C@@H]2C1. The van der Waals surface area contributed by atoms with E-state index in [1.165, 1.54) is 4.90 Å². The van der Waals surface area contributed by atoms with Crippen LogP contribution in [0.2, 0.25) is 6.32 Å². The standard InChI is InChI=1S/C29H40BNO8/c1-3-18(14-20-10-11-21(17-32)38-20)9-12-24-26-19(4-2)15-22-27(23(26)16-30(37)39-24)29(36)31(28(22)35)13-7-5-6-8-25(33)34/h10-11,14,22-24,27,32,37H,3-9,12-13,15-17H2,1-2H3,(H,33,34)/b18-14+/t22-,23+,24-,27-/m1/s1. The number of unbranched alkanes of at least 4 members (excludes halogenated alkanes) is 2. The molecule has 212 valence electrons. The van der Waals surface area contributed by atoms with Gasteiger partial charge >= 0.3 is 13.1 Å². The third kappa shape index (κ3) is 6.56. The summed E-state index contributed by atoms with van der Waals surface area (Å²) in [5.41, 5.74) is 3.40. The molecule has 3 N–H and O–H groups in total. The molecule has 1 aliphatic carbocycles. The molecule has 0 saturated carbocycles. The van der Waals surface area contributed by atoms with Crippen molar-refractivity contribution in [3.63, 3.8) is 0 Å². The average Bonchev–Trinajstić information content (AvgIpc) is 3.47. The quantitative estimate of drug-likeness (QED) is 0.146. The molecule has 39 heavy (non-hydrogen) atoms. The molecule has 2 saturated heterocycles. The van der Waals surface area contributed by atoms with Gasteiger partial charge in [-0.15, -0.1) is 0 Å². The summed E-state index contributed by atoms with van der Waals surface area (Å²) >= 11 is 0. The van der Waals surface area contributed by atoms with Crippen LogP contribution in [-0.4, -0.2) is 57.7 Å². The van der Waals surface area contributed by atoms with Crippen molar-refractivity contribution in [3.05, 3.63) is 40.4 Å². The molecule has 0 spiro atoms. The fourth-order valence-corrected chi connectivity index (χ4v) is 6.54. The molecule has 3 aliphatic rings. The van der Waals surface area contributed by atoms with Crippen LogP contribution in [0.4, 0.5) is 0 Å². The van der Waals surface area contributed by atoms with Gasteiger partial charge in [-0.3, -0.25) is 19.3 Å². The summed E-state index contributed by atoms with van der Waals surface area (Å²) in [7, 11) is -1.00. The largest absolute Gasteiger partial charge is 0.481 e. The fraction of sp³-hybridized carbons (Fsp3) is 0.621. The molecule has 0 unspecified atom stereocenters. The number of allylic oxidation sites excluding steroid dienone is 2. The molecule has 10 heteroatoms. The number of carbonyl (C=O) groups excluding carboxylic acids is 2. The summed E-state index contributed by atoms with van der Waals surface area (Å²) in [5, 5.41) is 28.8. The molecule has 3 heterocycles. The molecule has 0 bridgehead atoms. The van der Waals surface area contributed by atoms with E-state index in [-0.39, 0.29) is 36.9 Å². The molecule has 2 amide bonds. The van der Waals surface area contributed by atoms with Gasteiger partial charge in [0.2, 0.25) is 11.8 Å². The average molecular weight is 541 g/mol. The van der Waals surface area contributed by atoms with Gasteiger partial charge in [-0.25, -0.2) is 0 Å². The highest BCUT2D eigenvalue weighted by molar-refractivity contribution is 6.43. The zero-order chi connectivity index (χ0) is 28.1. The van der Waals surface area contributed by atoms with Crippen LogP contribution in [-0.2, 0) is 25.6 Å². The van der Waals surface area contributed by atoms with Crippen molar-refractivity contribution in [2.75, 3.05) is 6.54 Å². The second-order valence-corrected chi connectivity index (χ2v) is 10.9. The van der Waals surface area contributed by atoms with Crippen molar-refractivity contribution in [2.24, 2.45) is 17.8 Å². The minimum atomic E-state index is -1.00. The van der Waals surface area contributed by atoms with E-state index in [0.717, 1.165) is 36.0 Å². The van der Waals surface area contributed by atoms with Crippen LogP contribution in [0, 0.1) is 17.8 Å². The minimum Gasteiger partial charge on any atom is -0.481 e. The number of amides is 2. The topological polar surface area (TPSA) is 138 Å². The van der Waals surface area contributed by atoms with E-state index in [9.17, 15) is 24.5 Å². The third-order valence-corrected chi connectivity index (χ3v) is 8.46. The first-order chi connectivity index (χ1) is 18.8. The van der Waals surface area contributed by atoms with Crippen LogP contribution in [0.1, 0.15) is 83.2 Å². The zero-order valence-corrected chi connectivity index (χ0v) is 22.9. The smallest absolute Gasteiger partial charge is 0.455 e. The number of hydrogen-bond donors (Lipinski definition) is 3. The molecule has 9 nitrogen and oxygen atoms in total. The number of hydrogen-bond acceptors (Lipinski definition) is 7. The number of rotatable bonds is 13. The van der Waals surface area contributed by atoms with E-state index in [1.807, 2.05) is 12.1 Å². The van der Waals surface area contributed by atoms with E-state index in [4.69, 9.17) is 14.2 Å². The van der Waals surface area contributed by atoms with Gasteiger partial charge in [0, 0.05) is 13.0 Å².